The van der Waals surface area contributed by atoms with Gasteiger partial charge in [-0.2, -0.15) is 0 Å². The quantitative estimate of drug-likeness (QED) is 0.568. The van der Waals surface area contributed by atoms with Gasteiger partial charge < -0.3 is 19.7 Å². The molecular formula is C21H21BrN4O4. The number of anilines is 1. The van der Waals surface area contributed by atoms with Crippen LogP contribution in [0.1, 0.15) is 11.6 Å². The second kappa shape index (κ2) is 8.45. The summed E-state index contributed by atoms with van der Waals surface area (Å²) in [6.45, 7) is 2.23. The largest absolute Gasteiger partial charge is 0.480 e. The van der Waals surface area contributed by atoms with Gasteiger partial charge in [0.05, 0.1) is 5.52 Å². The maximum atomic E-state index is 12.3. The molecular weight excluding hydrogens is 452 g/mol. The molecule has 0 bridgehead atoms. The van der Waals surface area contributed by atoms with Crippen LogP contribution in [0.2, 0.25) is 0 Å². The number of rotatable bonds is 6. The number of carboxylic acid groups (broad SMARTS) is 2. The summed E-state index contributed by atoms with van der Waals surface area (Å²) >= 11 is 3.41. The van der Waals surface area contributed by atoms with E-state index in [2.05, 4.69) is 25.8 Å². The Morgan fingerprint density at radius 1 is 1.10 bits per heavy atom. The monoisotopic (exact) mass is 472 g/mol. The van der Waals surface area contributed by atoms with Crippen molar-refractivity contribution in [2.45, 2.75) is 12.6 Å². The van der Waals surface area contributed by atoms with E-state index in [4.69, 9.17) is 0 Å². The number of piperazine rings is 1. The minimum Gasteiger partial charge on any atom is -0.480 e. The van der Waals surface area contributed by atoms with Crippen molar-refractivity contribution >= 4 is 44.6 Å². The Morgan fingerprint density at radius 3 is 2.50 bits per heavy atom. The van der Waals surface area contributed by atoms with Crippen LogP contribution < -0.4 is 4.90 Å². The van der Waals surface area contributed by atoms with Crippen LogP contribution in [0.25, 0.3) is 10.9 Å². The maximum Gasteiger partial charge on any atom is 0.325 e. The fraction of sp³-hybridized carbons (Fsp3) is 0.286. The fourth-order valence-electron chi connectivity index (χ4n) is 4.02. The molecule has 30 heavy (non-hydrogen) atoms. The first-order valence-corrected chi connectivity index (χ1v) is 10.4. The number of carbonyl (C=O) groups is 2. The van der Waals surface area contributed by atoms with Gasteiger partial charge in [0.1, 0.15) is 18.4 Å². The Morgan fingerprint density at radius 2 is 1.87 bits per heavy atom. The number of hydrogen-bond donors (Lipinski definition) is 2. The van der Waals surface area contributed by atoms with E-state index in [1.807, 2.05) is 41.3 Å². The van der Waals surface area contributed by atoms with Crippen molar-refractivity contribution in [2.75, 3.05) is 31.1 Å². The number of aliphatic carboxylic acids is 2. The van der Waals surface area contributed by atoms with Gasteiger partial charge in [0, 0.05) is 54.0 Å². The van der Waals surface area contributed by atoms with Crippen molar-refractivity contribution in [3.8, 4) is 0 Å². The molecule has 1 atom stereocenters. The Bertz CT molecular complexity index is 1080. The third-order valence-corrected chi connectivity index (χ3v) is 5.86. The SMILES string of the molecule is O=C(O)Cn1cc([C@H](C(=O)O)N2CCN(c3ccccn3)CC2)c2ccc(Br)cc21. The summed E-state index contributed by atoms with van der Waals surface area (Å²) in [7, 11) is 0. The molecule has 0 amide bonds. The lowest BCUT2D eigenvalue weighted by molar-refractivity contribution is -0.143. The first kappa shape index (κ1) is 20.4. The summed E-state index contributed by atoms with van der Waals surface area (Å²) in [5, 5.41) is 20.1. The topological polar surface area (TPSA) is 98.9 Å². The van der Waals surface area contributed by atoms with E-state index < -0.39 is 18.0 Å². The van der Waals surface area contributed by atoms with E-state index in [9.17, 15) is 19.8 Å². The van der Waals surface area contributed by atoms with Crippen LogP contribution in [0.4, 0.5) is 5.82 Å². The molecule has 8 nitrogen and oxygen atoms in total. The van der Waals surface area contributed by atoms with E-state index in [0.29, 0.717) is 37.3 Å². The number of halogens is 1. The Hall–Kier alpha value is -2.91. The summed E-state index contributed by atoms with van der Waals surface area (Å²) < 4.78 is 2.40. The molecule has 1 fully saturated rings. The average Bonchev–Trinajstić information content (AvgIpc) is 3.05. The first-order chi connectivity index (χ1) is 14.4. The summed E-state index contributed by atoms with van der Waals surface area (Å²) in [5.74, 6) is -1.04. The van der Waals surface area contributed by atoms with E-state index in [1.54, 1.807) is 17.0 Å². The Labute approximate surface area is 181 Å². The summed E-state index contributed by atoms with van der Waals surface area (Å²) in [4.78, 5) is 32.0. The molecule has 1 aromatic carbocycles. The molecule has 0 aliphatic carbocycles. The normalized spacial score (nSPS) is 16.0. The Kier molecular flexibility index (Phi) is 5.74. The molecule has 156 valence electrons. The number of benzene rings is 1. The molecule has 3 heterocycles. The second-order valence-corrected chi connectivity index (χ2v) is 8.13. The van der Waals surface area contributed by atoms with Gasteiger partial charge in [0.15, 0.2) is 0 Å². The zero-order valence-corrected chi connectivity index (χ0v) is 17.7. The molecule has 0 unspecified atom stereocenters. The molecule has 0 saturated carbocycles. The van der Waals surface area contributed by atoms with Gasteiger partial charge in [-0.1, -0.05) is 28.1 Å². The van der Waals surface area contributed by atoms with Gasteiger partial charge >= 0.3 is 11.9 Å². The van der Waals surface area contributed by atoms with E-state index in [0.717, 1.165) is 15.7 Å². The van der Waals surface area contributed by atoms with Crippen LogP contribution in [-0.4, -0.2) is 62.8 Å². The minimum atomic E-state index is -0.978. The van der Waals surface area contributed by atoms with Gasteiger partial charge in [0.25, 0.3) is 0 Å². The zero-order valence-electron chi connectivity index (χ0n) is 16.1. The second-order valence-electron chi connectivity index (χ2n) is 7.22. The highest BCUT2D eigenvalue weighted by atomic mass is 79.9. The number of aromatic nitrogens is 2. The van der Waals surface area contributed by atoms with Gasteiger partial charge in [-0.3, -0.25) is 14.5 Å². The number of hydrogen-bond acceptors (Lipinski definition) is 5. The highest BCUT2D eigenvalue weighted by Crippen LogP contribution is 2.33. The molecule has 0 radical (unpaired) electrons. The molecule has 3 aromatic rings. The van der Waals surface area contributed by atoms with Crippen LogP contribution in [-0.2, 0) is 16.1 Å². The van der Waals surface area contributed by atoms with E-state index in [-0.39, 0.29) is 6.54 Å². The van der Waals surface area contributed by atoms with Crippen LogP contribution >= 0.6 is 15.9 Å². The third kappa shape index (κ3) is 4.03. The summed E-state index contributed by atoms with van der Waals surface area (Å²) in [6, 6.07) is 10.4. The third-order valence-electron chi connectivity index (χ3n) is 5.36. The highest BCUT2D eigenvalue weighted by Gasteiger charge is 2.33. The number of carboxylic acids is 2. The molecule has 1 saturated heterocycles. The predicted molar refractivity (Wildman–Crippen MR) is 116 cm³/mol. The predicted octanol–water partition coefficient (Wildman–Crippen LogP) is 2.83. The standard InChI is InChI=1S/C21H21BrN4O4/c22-14-4-5-15-16(12-26(13-19(27)28)17(15)11-14)20(21(29)30)25-9-7-24(8-10-25)18-3-1-2-6-23-18/h1-6,11-12,20H,7-10,13H2,(H,27,28)(H,29,30)/t20-/m1/s1. The van der Waals surface area contributed by atoms with Crippen LogP contribution in [0, 0.1) is 0 Å². The fourth-order valence-corrected chi connectivity index (χ4v) is 4.37. The number of nitrogens with zero attached hydrogens (tertiary/aromatic N) is 4. The van der Waals surface area contributed by atoms with Crippen molar-refractivity contribution in [1.29, 1.82) is 0 Å². The molecule has 0 spiro atoms. The lowest BCUT2D eigenvalue weighted by atomic mass is 10.0. The van der Waals surface area contributed by atoms with Crippen LogP contribution in [0.15, 0.2) is 53.3 Å². The van der Waals surface area contributed by atoms with Crippen molar-refractivity contribution in [1.82, 2.24) is 14.5 Å². The van der Waals surface area contributed by atoms with Crippen molar-refractivity contribution in [2.24, 2.45) is 0 Å². The molecule has 1 aliphatic heterocycles. The van der Waals surface area contributed by atoms with Crippen LogP contribution in [0.5, 0.6) is 0 Å². The zero-order chi connectivity index (χ0) is 21.3. The van der Waals surface area contributed by atoms with Gasteiger partial charge in [-0.15, -0.1) is 0 Å². The number of fused-ring (bicyclic) bond motifs is 1. The molecule has 2 aromatic heterocycles. The maximum absolute atomic E-state index is 12.3. The smallest absolute Gasteiger partial charge is 0.325 e. The molecule has 4 rings (SSSR count). The van der Waals surface area contributed by atoms with Crippen molar-refractivity contribution in [3.05, 3.63) is 58.8 Å². The minimum absolute atomic E-state index is 0.229. The molecule has 2 N–H and O–H groups in total. The molecule has 1 aliphatic rings. The summed E-state index contributed by atoms with van der Waals surface area (Å²) in [5.41, 5.74) is 1.30. The van der Waals surface area contributed by atoms with Crippen LogP contribution in [0.3, 0.4) is 0 Å². The van der Waals surface area contributed by atoms with Gasteiger partial charge in [-0.05, 0) is 24.3 Å². The van der Waals surface area contributed by atoms with Crippen molar-refractivity contribution < 1.29 is 19.8 Å². The number of pyridine rings is 1. The van der Waals surface area contributed by atoms with E-state index in [1.165, 1.54) is 0 Å². The average molecular weight is 473 g/mol. The van der Waals surface area contributed by atoms with Gasteiger partial charge in [0.2, 0.25) is 0 Å². The lowest BCUT2D eigenvalue weighted by Gasteiger charge is -2.38. The molecule has 9 heteroatoms. The van der Waals surface area contributed by atoms with E-state index >= 15 is 0 Å². The van der Waals surface area contributed by atoms with Crippen molar-refractivity contribution in [3.63, 3.8) is 0 Å². The lowest BCUT2D eigenvalue weighted by Crippen LogP contribution is -2.49. The summed E-state index contributed by atoms with van der Waals surface area (Å²) in [6.07, 6.45) is 3.41. The first-order valence-electron chi connectivity index (χ1n) is 9.57. The Balaban J connectivity index is 1.65. The van der Waals surface area contributed by atoms with Gasteiger partial charge in [-0.25, -0.2) is 4.98 Å². The highest BCUT2D eigenvalue weighted by molar-refractivity contribution is 9.10.